The number of nitrogens with one attached hydrogen (secondary N) is 1. The number of rotatable bonds is 4. The number of aryl methyl sites for hydroxylation is 1. The van der Waals surface area contributed by atoms with Crippen LogP contribution in [0.15, 0.2) is 47.4 Å². The van der Waals surface area contributed by atoms with Crippen LogP contribution in [0.4, 0.5) is 15.8 Å². The van der Waals surface area contributed by atoms with E-state index < -0.39 is 0 Å². The SMILES string of the molecule is Cc1cccc(SCC(=O)Nc2ccc(F)cc2)c1N. The van der Waals surface area contributed by atoms with Gasteiger partial charge in [0.15, 0.2) is 0 Å². The van der Waals surface area contributed by atoms with Gasteiger partial charge in [-0.05, 0) is 42.8 Å². The maximum Gasteiger partial charge on any atom is 0.234 e. The molecule has 0 atom stereocenters. The van der Waals surface area contributed by atoms with Crippen molar-refractivity contribution in [2.75, 3.05) is 16.8 Å². The molecule has 2 aromatic carbocycles. The molecule has 0 aliphatic rings. The second-order valence-corrected chi connectivity index (χ2v) is 5.35. The van der Waals surface area contributed by atoms with Gasteiger partial charge in [-0.25, -0.2) is 4.39 Å². The van der Waals surface area contributed by atoms with Crippen molar-refractivity contribution in [2.45, 2.75) is 11.8 Å². The molecule has 0 radical (unpaired) electrons. The molecule has 0 aliphatic carbocycles. The standard InChI is InChI=1S/C15H15FN2OS/c1-10-3-2-4-13(15(10)17)20-9-14(19)18-12-7-5-11(16)6-8-12/h2-8H,9,17H2,1H3,(H,18,19). The van der Waals surface area contributed by atoms with Gasteiger partial charge in [0.2, 0.25) is 5.91 Å². The lowest BCUT2D eigenvalue weighted by atomic mass is 10.2. The first-order valence-electron chi connectivity index (χ1n) is 6.09. The highest BCUT2D eigenvalue weighted by molar-refractivity contribution is 8.00. The summed E-state index contributed by atoms with van der Waals surface area (Å²) < 4.78 is 12.7. The van der Waals surface area contributed by atoms with Gasteiger partial charge in [-0.3, -0.25) is 4.79 Å². The molecule has 0 aromatic heterocycles. The van der Waals surface area contributed by atoms with Crippen LogP contribution in [0.2, 0.25) is 0 Å². The van der Waals surface area contributed by atoms with Crippen molar-refractivity contribution in [1.82, 2.24) is 0 Å². The largest absolute Gasteiger partial charge is 0.398 e. The van der Waals surface area contributed by atoms with Crippen LogP contribution in [-0.2, 0) is 4.79 Å². The number of nitrogen functional groups attached to an aromatic ring is 1. The Bertz CT molecular complexity index is 614. The van der Waals surface area contributed by atoms with Gasteiger partial charge in [0.25, 0.3) is 0 Å². The van der Waals surface area contributed by atoms with Crippen LogP contribution in [-0.4, -0.2) is 11.7 Å². The van der Waals surface area contributed by atoms with E-state index in [2.05, 4.69) is 5.32 Å². The van der Waals surface area contributed by atoms with Gasteiger partial charge in [0.1, 0.15) is 5.82 Å². The predicted octanol–water partition coefficient (Wildman–Crippen LogP) is 3.45. The summed E-state index contributed by atoms with van der Waals surface area (Å²) in [5, 5.41) is 2.71. The Morgan fingerprint density at radius 1 is 1.25 bits per heavy atom. The Morgan fingerprint density at radius 3 is 2.65 bits per heavy atom. The van der Waals surface area contributed by atoms with Crippen LogP contribution >= 0.6 is 11.8 Å². The number of carbonyl (C=O) groups excluding carboxylic acids is 1. The molecule has 20 heavy (non-hydrogen) atoms. The smallest absolute Gasteiger partial charge is 0.234 e. The molecule has 0 aliphatic heterocycles. The topological polar surface area (TPSA) is 55.1 Å². The van der Waals surface area contributed by atoms with Crippen molar-refractivity contribution in [3.05, 3.63) is 53.8 Å². The van der Waals surface area contributed by atoms with Crippen molar-refractivity contribution < 1.29 is 9.18 Å². The lowest BCUT2D eigenvalue weighted by molar-refractivity contribution is -0.113. The van der Waals surface area contributed by atoms with Crippen LogP contribution in [0.1, 0.15) is 5.56 Å². The molecule has 5 heteroatoms. The van der Waals surface area contributed by atoms with Gasteiger partial charge in [-0.2, -0.15) is 0 Å². The van der Waals surface area contributed by atoms with E-state index in [1.807, 2.05) is 25.1 Å². The molecule has 0 spiro atoms. The molecule has 2 aromatic rings. The van der Waals surface area contributed by atoms with Gasteiger partial charge in [0.05, 0.1) is 5.75 Å². The molecule has 0 saturated heterocycles. The number of amides is 1. The minimum atomic E-state index is -0.329. The zero-order valence-electron chi connectivity index (χ0n) is 11.0. The lowest BCUT2D eigenvalue weighted by Gasteiger charge is -2.08. The van der Waals surface area contributed by atoms with Crippen LogP contribution in [0.25, 0.3) is 0 Å². The van der Waals surface area contributed by atoms with E-state index in [-0.39, 0.29) is 17.5 Å². The monoisotopic (exact) mass is 290 g/mol. The Balaban J connectivity index is 1.92. The highest BCUT2D eigenvalue weighted by Gasteiger charge is 2.07. The summed E-state index contributed by atoms with van der Waals surface area (Å²) >= 11 is 1.38. The van der Waals surface area contributed by atoms with Crippen LogP contribution in [0, 0.1) is 12.7 Å². The van der Waals surface area contributed by atoms with E-state index in [0.29, 0.717) is 11.4 Å². The highest BCUT2D eigenvalue weighted by atomic mass is 32.2. The van der Waals surface area contributed by atoms with Crippen LogP contribution in [0.3, 0.4) is 0 Å². The van der Waals surface area contributed by atoms with Gasteiger partial charge in [-0.1, -0.05) is 12.1 Å². The molecule has 1 amide bonds. The Hall–Kier alpha value is -2.01. The number of hydrogen-bond donors (Lipinski definition) is 2. The summed E-state index contributed by atoms with van der Waals surface area (Å²) in [5.74, 6) is -0.224. The zero-order valence-corrected chi connectivity index (χ0v) is 11.8. The minimum Gasteiger partial charge on any atom is -0.398 e. The number of anilines is 2. The molecule has 0 saturated carbocycles. The normalized spacial score (nSPS) is 10.3. The van der Waals surface area contributed by atoms with Gasteiger partial charge in [0, 0.05) is 16.3 Å². The van der Waals surface area contributed by atoms with E-state index >= 15 is 0 Å². The van der Waals surface area contributed by atoms with Crippen LogP contribution in [0.5, 0.6) is 0 Å². The van der Waals surface area contributed by atoms with E-state index in [9.17, 15) is 9.18 Å². The van der Waals surface area contributed by atoms with E-state index in [0.717, 1.165) is 10.5 Å². The number of thioether (sulfide) groups is 1. The van der Waals surface area contributed by atoms with Crippen molar-refractivity contribution in [3.63, 3.8) is 0 Å². The molecule has 2 rings (SSSR count). The molecule has 0 heterocycles. The number of para-hydroxylation sites is 1. The molecule has 104 valence electrons. The molecule has 0 bridgehead atoms. The van der Waals surface area contributed by atoms with Gasteiger partial charge in [-0.15, -0.1) is 11.8 Å². The number of benzene rings is 2. The molecular formula is C15H15FN2OS. The average Bonchev–Trinajstić information content (AvgIpc) is 2.43. The van der Waals surface area contributed by atoms with Crippen molar-refractivity contribution in [1.29, 1.82) is 0 Å². The summed E-state index contributed by atoms with van der Waals surface area (Å²) in [6, 6.07) is 11.4. The summed E-state index contributed by atoms with van der Waals surface area (Å²) in [5.41, 5.74) is 8.22. The zero-order chi connectivity index (χ0) is 14.5. The van der Waals surface area contributed by atoms with E-state index in [1.54, 1.807) is 0 Å². The average molecular weight is 290 g/mol. The molecule has 0 fully saturated rings. The molecule has 0 unspecified atom stereocenters. The predicted molar refractivity (Wildman–Crippen MR) is 81.3 cm³/mol. The van der Waals surface area contributed by atoms with E-state index in [4.69, 9.17) is 5.73 Å². The minimum absolute atomic E-state index is 0.150. The third-order valence-corrected chi connectivity index (χ3v) is 3.84. The first-order chi connectivity index (χ1) is 9.56. The first-order valence-corrected chi connectivity index (χ1v) is 7.08. The summed E-state index contributed by atoms with van der Waals surface area (Å²) in [4.78, 5) is 12.7. The number of nitrogens with two attached hydrogens (primary N) is 1. The summed E-state index contributed by atoms with van der Waals surface area (Å²) in [7, 11) is 0. The van der Waals surface area contributed by atoms with Crippen molar-refractivity contribution in [2.24, 2.45) is 0 Å². The molecular weight excluding hydrogens is 275 g/mol. The Morgan fingerprint density at radius 2 is 1.95 bits per heavy atom. The van der Waals surface area contributed by atoms with Crippen molar-refractivity contribution in [3.8, 4) is 0 Å². The second kappa shape index (κ2) is 6.43. The first kappa shape index (κ1) is 14.4. The van der Waals surface area contributed by atoms with Gasteiger partial charge >= 0.3 is 0 Å². The van der Waals surface area contributed by atoms with Gasteiger partial charge < -0.3 is 11.1 Å². The quantitative estimate of drug-likeness (QED) is 0.670. The maximum absolute atomic E-state index is 12.7. The highest BCUT2D eigenvalue weighted by Crippen LogP contribution is 2.27. The number of hydrogen-bond acceptors (Lipinski definition) is 3. The molecule has 3 N–H and O–H groups in total. The fourth-order valence-electron chi connectivity index (χ4n) is 1.65. The van der Waals surface area contributed by atoms with Crippen molar-refractivity contribution >= 4 is 29.0 Å². The van der Waals surface area contributed by atoms with E-state index in [1.165, 1.54) is 36.0 Å². The maximum atomic E-state index is 12.7. The number of halogens is 1. The Kier molecular flexibility index (Phi) is 4.63. The second-order valence-electron chi connectivity index (χ2n) is 4.33. The fraction of sp³-hybridized carbons (Fsp3) is 0.133. The third-order valence-electron chi connectivity index (χ3n) is 2.77. The summed E-state index contributed by atoms with van der Waals surface area (Å²) in [6.07, 6.45) is 0. The molecule has 3 nitrogen and oxygen atoms in total. The third kappa shape index (κ3) is 3.74. The lowest BCUT2D eigenvalue weighted by Crippen LogP contribution is -2.14. The fourth-order valence-corrected chi connectivity index (χ4v) is 2.50. The Labute approximate surface area is 121 Å². The number of carbonyl (C=O) groups is 1. The summed E-state index contributed by atoms with van der Waals surface area (Å²) in [6.45, 7) is 1.93. The van der Waals surface area contributed by atoms with Crippen LogP contribution < -0.4 is 11.1 Å².